The van der Waals surface area contributed by atoms with E-state index < -0.39 is 17.2 Å². The fourth-order valence-electron chi connectivity index (χ4n) is 5.18. The quantitative estimate of drug-likeness (QED) is 0.414. The maximum atomic E-state index is 14.3. The van der Waals surface area contributed by atoms with Gasteiger partial charge in [0.15, 0.2) is 17.2 Å². The van der Waals surface area contributed by atoms with Crippen LogP contribution < -0.4 is 4.74 Å². The van der Waals surface area contributed by atoms with Crippen molar-refractivity contribution in [3.05, 3.63) is 47.5 Å². The van der Waals surface area contributed by atoms with E-state index in [2.05, 4.69) is 28.6 Å². The zero-order chi connectivity index (χ0) is 24.2. The zero-order valence-electron chi connectivity index (χ0n) is 19.6. The van der Waals surface area contributed by atoms with Crippen LogP contribution in [-0.2, 0) is 14.9 Å². The number of carboxylic acid groups (broad SMARTS) is 1. The Morgan fingerprint density at radius 1 is 1.29 bits per heavy atom. The third kappa shape index (κ3) is 3.42. The van der Waals surface area contributed by atoms with E-state index in [9.17, 15) is 14.3 Å². The van der Waals surface area contributed by atoms with Gasteiger partial charge in [0.25, 0.3) is 0 Å². The van der Waals surface area contributed by atoms with Gasteiger partial charge < -0.3 is 19.1 Å². The second-order valence-electron chi connectivity index (χ2n) is 9.60. The average Bonchev–Trinajstić information content (AvgIpc) is 3.34. The number of pyridine rings is 1. The van der Waals surface area contributed by atoms with Gasteiger partial charge in [-0.05, 0) is 37.0 Å². The van der Waals surface area contributed by atoms with Gasteiger partial charge in [-0.15, -0.1) is 0 Å². The summed E-state index contributed by atoms with van der Waals surface area (Å²) in [5.41, 5.74) is 4.55. The molecule has 5 rings (SSSR count). The molecule has 0 spiro atoms. The maximum Gasteiger partial charge on any atom is 0.306 e. The van der Waals surface area contributed by atoms with E-state index in [-0.39, 0.29) is 17.6 Å². The van der Waals surface area contributed by atoms with Crippen molar-refractivity contribution in [2.45, 2.75) is 38.0 Å². The third-order valence-electron chi connectivity index (χ3n) is 6.82. The SMILES string of the molecule is COCC(C)(C)c1c(C2CC(C(=O)O)C2)c2nc3[nH]ncc3cc2n1-c1ccc(F)c(OC)c1. The van der Waals surface area contributed by atoms with Crippen LogP contribution in [0.4, 0.5) is 4.39 Å². The van der Waals surface area contributed by atoms with E-state index in [1.807, 2.05) is 6.07 Å². The van der Waals surface area contributed by atoms with E-state index in [4.69, 9.17) is 14.5 Å². The Hall–Kier alpha value is -3.46. The van der Waals surface area contributed by atoms with Crippen molar-refractivity contribution >= 4 is 28.0 Å². The van der Waals surface area contributed by atoms with Gasteiger partial charge in [0.05, 0.1) is 36.9 Å². The smallest absolute Gasteiger partial charge is 0.306 e. The summed E-state index contributed by atoms with van der Waals surface area (Å²) in [7, 11) is 3.10. The maximum absolute atomic E-state index is 14.3. The number of aromatic amines is 1. The second kappa shape index (κ2) is 8.09. The molecule has 3 heterocycles. The number of nitrogens with zero attached hydrogens (tertiary/aromatic N) is 3. The molecule has 178 valence electrons. The van der Waals surface area contributed by atoms with Gasteiger partial charge in [-0.25, -0.2) is 9.37 Å². The van der Waals surface area contributed by atoms with Gasteiger partial charge in [0, 0.05) is 40.9 Å². The fraction of sp³-hybridized carbons (Fsp3) is 0.400. The van der Waals surface area contributed by atoms with Crippen molar-refractivity contribution in [3.63, 3.8) is 0 Å². The number of ether oxygens (including phenoxy) is 2. The number of fused-ring (bicyclic) bond motifs is 2. The minimum Gasteiger partial charge on any atom is -0.494 e. The Morgan fingerprint density at radius 2 is 2.06 bits per heavy atom. The summed E-state index contributed by atoms with van der Waals surface area (Å²) in [6, 6.07) is 6.79. The summed E-state index contributed by atoms with van der Waals surface area (Å²) >= 11 is 0. The molecule has 1 fully saturated rings. The van der Waals surface area contributed by atoms with Crippen LogP contribution in [0.15, 0.2) is 30.5 Å². The molecule has 0 radical (unpaired) electrons. The normalized spacial score (nSPS) is 18.4. The number of carboxylic acids is 1. The molecule has 0 bridgehead atoms. The molecule has 0 unspecified atom stereocenters. The van der Waals surface area contributed by atoms with Crippen LogP contribution in [0.3, 0.4) is 0 Å². The van der Waals surface area contributed by atoms with Crippen LogP contribution in [0.1, 0.15) is 43.9 Å². The Labute approximate surface area is 195 Å². The third-order valence-corrected chi connectivity index (χ3v) is 6.82. The second-order valence-corrected chi connectivity index (χ2v) is 9.60. The van der Waals surface area contributed by atoms with Crippen LogP contribution in [0.5, 0.6) is 5.75 Å². The molecule has 0 saturated heterocycles. The number of benzene rings is 1. The number of H-pyrrole nitrogens is 1. The van der Waals surface area contributed by atoms with Gasteiger partial charge in [0.2, 0.25) is 0 Å². The summed E-state index contributed by atoms with van der Waals surface area (Å²) in [6.07, 6.45) is 2.80. The lowest BCUT2D eigenvalue weighted by molar-refractivity contribution is -0.145. The van der Waals surface area contributed by atoms with E-state index in [0.717, 1.165) is 33.4 Å². The number of nitrogens with one attached hydrogen (secondary N) is 1. The molecule has 9 heteroatoms. The highest BCUT2D eigenvalue weighted by atomic mass is 19.1. The summed E-state index contributed by atoms with van der Waals surface area (Å²) in [6.45, 7) is 4.61. The number of rotatable bonds is 7. The summed E-state index contributed by atoms with van der Waals surface area (Å²) in [4.78, 5) is 16.5. The fourth-order valence-corrected chi connectivity index (χ4v) is 5.18. The first kappa shape index (κ1) is 22.3. The van der Waals surface area contributed by atoms with Gasteiger partial charge in [-0.3, -0.25) is 9.89 Å². The average molecular weight is 467 g/mol. The number of hydrogen-bond acceptors (Lipinski definition) is 5. The Kier molecular flexibility index (Phi) is 5.31. The lowest BCUT2D eigenvalue weighted by atomic mass is 9.69. The molecule has 1 aliphatic carbocycles. The van der Waals surface area contributed by atoms with Gasteiger partial charge in [-0.1, -0.05) is 13.8 Å². The van der Waals surface area contributed by atoms with Crippen molar-refractivity contribution in [2.75, 3.05) is 20.8 Å². The first-order valence-corrected chi connectivity index (χ1v) is 11.2. The Morgan fingerprint density at radius 3 is 2.74 bits per heavy atom. The Bertz CT molecular complexity index is 1400. The number of aromatic nitrogens is 4. The molecule has 1 aromatic carbocycles. The first-order chi connectivity index (χ1) is 16.2. The van der Waals surface area contributed by atoms with Crippen molar-refractivity contribution in [1.29, 1.82) is 0 Å². The highest BCUT2D eigenvalue weighted by Crippen LogP contribution is 2.49. The monoisotopic (exact) mass is 466 g/mol. The summed E-state index contributed by atoms with van der Waals surface area (Å²) < 4.78 is 27.2. The number of halogens is 1. The van der Waals surface area contributed by atoms with E-state index in [1.54, 1.807) is 25.4 Å². The van der Waals surface area contributed by atoms with Crippen molar-refractivity contribution in [2.24, 2.45) is 5.92 Å². The minimum absolute atomic E-state index is 0.0335. The summed E-state index contributed by atoms with van der Waals surface area (Å²) in [5, 5.41) is 17.4. The number of aliphatic carboxylic acids is 1. The minimum atomic E-state index is -0.773. The zero-order valence-corrected chi connectivity index (χ0v) is 19.6. The van der Waals surface area contributed by atoms with Crippen molar-refractivity contribution in [1.82, 2.24) is 19.7 Å². The largest absolute Gasteiger partial charge is 0.494 e. The van der Waals surface area contributed by atoms with Crippen molar-refractivity contribution in [3.8, 4) is 11.4 Å². The van der Waals surface area contributed by atoms with E-state index >= 15 is 0 Å². The number of carbonyl (C=O) groups is 1. The number of hydrogen-bond donors (Lipinski definition) is 2. The molecule has 1 aliphatic rings. The molecule has 2 N–H and O–H groups in total. The molecule has 34 heavy (non-hydrogen) atoms. The topological polar surface area (TPSA) is 102 Å². The summed E-state index contributed by atoms with van der Waals surface area (Å²) in [5.74, 6) is -1.41. The highest BCUT2D eigenvalue weighted by molar-refractivity contribution is 5.94. The Balaban J connectivity index is 1.86. The molecular formula is C25H27FN4O4. The van der Waals surface area contributed by atoms with E-state index in [1.165, 1.54) is 13.2 Å². The van der Waals surface area contributed by atoms with Gasteiger partial charge in [0.1, 0.15) is 0 Å². The molecule has 0 amide bonds. The highest BCUT2D eigenvalue weighted by Gasteiger charge is 2.42. The molecule has 8 nitrogen and oxygen atoms in total. The molecule has 4 aromatic rings. The molecule has 0 aliphatic heterocycles. The predicted octanol–water partition coefficient (Wildman–Crippen LogP) is 4.55. The molecular weight excluding hydrogens is 439 g/mol. The van der Waals surface area contributed by atoms with Crippen LogP contribution in [0.2, 0.25) is 0 Å². The van der Waals surface area contributed by atoms with Crippen LogP contribution in [0.25, 0.3) is 27.8 Å². The lowest BCUT2D eigenvalue weighted by Crippen LogP contribution is -2.33. The van der Waals surface area contributed by atoms with Crippen LogP contribution in [0, 0.1) is 11.7 Å². The predicted molar refractivity (Wildman–Crippen MR) is 125 cm³/mol. The lowest BCUT2D eigenvalue weighted by Gasteiger charge is -2.36. The van der Waals surface area contributed by atoms with Crippen molar-refractivity contribution < 1.29 is 23.8 Å². The molecule has 3 aromatic heterocycles. The van der Waals surface area contributed by atoms with Crippen LogP contribution >= 0.6 is 0 Å². The van der Waals surface area contributed by atoms with Crippen LogP contribution in [-0.4, -0.2) is 51.7 Å². The first-order valence-electron chi connectivity index (χ1n) is 11.2. The number of methoxy groups -OCH3 is 2. The van der Waals surface area contributed by atoms with Gasteiger partial charge in [-0.2, -0.15) is 5.10 Å². The standard InChI is InChI=1S/C25H27FN4O4/c1-25(2,12-33-3)22-20(13-7-14(8-13)24(31)32)21-18(9-15-11-27-29-23(15)28-21)30(22)16-5-6-17(26)19(10-16)34-4/h5-6,9-11,13-14H,7-8,12H2,1-4H3,(H,31,32)(H,27,28,29). The molecule has 1 saturated carbocycles. The molecule has 0 atom stereocenters. The van der Waals surface area contributed by atoms with Gasteiger partial charge >= 0.3 is 5.97 Å². The van der Waals surface area contributed by atoms with E-state index in [0.29, 0.717) is 25.1 Å².